The molecule has 8 heteroatoms. The van der Waals surface area contributed by atoms with Gasteiger partial charge in [0.05, 0.1) is 43.4 Å². The number of anilines is 2. The number of hydrogen-bond donors (Lipinski definition) is 1. The lowest BCUT2D eigenvalue weighted by atomic mass is 10.1. The first-order valence-electron chi connectivity index (χ1n) is 11.9. The summed E-state index contributed by atoms with van der Waals surface area (Å²) in [6.07, 6.45) is 5.81. The summed E-state index contributed by atoms with van der Waals surface area (Å²) >= 11 is 0. The molecule has 2 atom stereocenters. The van der Waals surface area contributed by atoms with E-state index in [4.69, 9.17) is 4.74 Å². The van der Waals surface area contributed by atoms with Gasteiger partial charge in [0.1, 0.15) is 0 Å². The molecule has 3 aliphatic heterocycles. The van der Waals surface area contributed by atoms with Crippen LogP contribution in [0.25, 0.3) is 0 Å². The SMILES string of the molecule is C=C(C)Nc1cnn(C(=O)N2CCN(Cc3ccc(C)cc3N3C4CCC3COC4)CC2)c1. The molecule has 0 spiro atoms. The Hall–Kier alpha value is -2.84. The van der Waals surface area contributed by atoms with E-state index in [-0.39, 0.29) is 6.03 Å². The van der Waals surface area contributed by atoms with Crippen LogP contribution in [0.15, 0.2) is 42.9 Å². The minimum atomic E-state index is -0.0784. The number of morpholine rings is 1. The van der Waals surface area contributed by atoms with E-state index in [0.717, 1.165) is 44.2 Å². The quantitative estimate of drug-likeness (QED) is 0.754. The number of aryl methyl sites for hydroxylation is 1. The predicted octanol–water partition coefficient (Wildman–Crippen LogP) is 3.29. The van der Waals surface area contributed by atoms with Crippen molar-refractivity contribution in [1.29, 1.82) is 0 Å². The summed E-state index contributed by atoms with van der Waals surface area (Å²) in [7, 11) is 0. The third-order valence-electron chi connectivity index (χ3n) is 6.93. The number of carbonyl (C=O) groups excluding carboxylic acids is 1. The number of amides is 1. The third kappa shape index (κ3) is 4.63. The van der Waals surface area contributed by atoms with E-state index < -0.39 is 0 Å². The van der Waals surface area contributed by atoms with Gasteiger partial charge < -0.3 is 19.9 Å². The van der Waals surface area contributed by atoms with Crippen LogP contribution in [0.4, 0.5) is 16.2 Å². The maximum Gasteiger partial charge on any atom is 0.344 e. The number of rotatable bonds is 5. The Morgan fingerprint density at radius 2 is 1.91 bits per heavy atom. The molecule has 5 rings (SSSR count). The van der Waals surface area contributed by atoms with Crippen molar-refractivity contribution in [2.24, 2.45) is 0 Å². The van der Waals surface area contributed by atoms with Crippen LogP contribution in [0.5, 0.6) is 0 Å². The predicted molar refractivity (Wildman–Crippen MR) is 130 cm³/mol. The number of carbonyl (C=O) groups is 1. The fourth-order valence-corrected chi connectivity index (χ4v) is 5.29. The van der Waals surface area contributed by atoms with Gasteiger partial charge >= 0.3 is 6.03 Å². The van der Waals surface area contributed by atoms with Gasteiger partial charge in [-0.15, -0.1) is 0 Å². The number of aromatic nitrogens is 2. The Kier molecular flexibility index (Phi) is 6.12. The number of hydrogen-bond acceptors (Lipinski definition) is 6. The van der Waals surface area contributed by atoms with Gasteiger partial charge in [-0.25, -0.2) is 4.79 Å². The molecule has 1 aromatic carbocycles. The zero-order valence-electron chi connectivity index (χ0n) is 19.7. The maximum atomic E-state index is 12.9. The lowest BCUT2D eigenvalue weighted by Gasteiger charge is -2.39. The van der Waals surface area contributed by atoms with E-state index in [0.29, 0.717) is 25.2 Å². The lowest BCUT2D eigenvalue weighted by molar-refractivity contribution is 0.0903. The second-order valence-corrected chi connectivity index (χ2v) is 9.59. The van der Waals surface area contributed by atoms with Crippen LogP contribution in [-0.2, 0) is 11.3 Å². The van der Waals surface area contributed by atoms with Gasteiger partial charge in [0.2, 0.25) is 0 Å². The van der Waals surface area contributed by atoms with Gasteiger partial charge in [0, 0.05) is 44.1 Å². The number of ether oxygens (including phenoxy) is 1. The molecule has 3 aliphatic rings. The molecule has 1 amide bonds. The Morgan fingerprint density at radius 3 is 2.61 bits per heavy atom. The molecule has 2 aromatic rings. The highest BCUT2D eigenvalue weighted by Gasteiger charge is 2.38. The average Bonchev–Trinajstić information content (AvgIpc) is 3.35. The molecule has 0 saturated carbocycles. The summed E-state index contributed by atoms with van der Waals surface area (Å²) in [5, 5.41) is 7.31. The van der Waals surface area contributed by atoms with Crippen molar-refractivity contribution >= 4 is 17.4 Å². The fraction of sp³-hybridized carbons (Fsp3) is 0.520. The summed E-state index contributed by atoms with van der Waals surface area (Å²) in [5.74, 6) is 0. The second-order valence-electron chi connectivity index (χ2n) is 9.59. The number of nitrogens with zero attached hydrogens (tertiary/aromatic N) is 5. The molecule has 1 N–H and O–H groups in total. The van der Waals surface area contributed by atoms with Crippen molar-refractivity contribution < 1.29 is 9.53 Å². The largest absolute Gasteiger partial charge is 0.377 e. The van der Waals surface area contributed by atoms with E-state index in [2.05, 4.69) is 51.9 Å². The van der Waals surface area contributed by atoms with Crippen LogP contribution < -0.4 is 10.2 Å². The first-order chi connectivity index (χ1) is 16.0. The van der Waals surface area contributed by atoms with Gasteiger partial charge in [0.25, 0.3) is 0 Å². The Balaban J connectivity index is 1.22. The number of fused-ring (bicyclic) bond motifs is 2. The number of benzene rings is 1. The fourth-order valence-electron chi connectivity index (χ4n) is 5.29. The summed E-state index contributed by atoms with van der Waals surface area (Å²) < 4.78 is 7.22. The molecule has 33 heavy (non-hydrogen) atoms. The van der Waals surface area contributed by atoms with Crippen molar-refractivity contribution in [3.63, 3.8) is 0 Å². The van der Waals surface area contributed by atoms with Gasteiger partial charge in [0.15, 0.2) is 0 Å². The van der Waals surface area contributed by atoms with Crippen LogP contribution in [0.3, 0.4) is 0 Å². The summed E-state index contributed by atoms with van der Waals surface area (Å²) in [4.78, 5) is 19.8. The molecule has 176 valence electrons. The van der Waals surface area contributed by atoms with Crippen LogP contribution in [-0.4, -0.2) is 77.1 Å². The van der Waals surface area contributed by atoms with Crippen molar-refractivity contribution in [2.45, 2.75) is 45.3 Å². The Labute approximate surface area is 195 Å². The first kappa shape index (κ1) is 22.0. The minimum absolute atomic E-state index is 0.0784. The number of piperazine rings is 1. The van der Waals surface area contributed by atoms with Gasteiger partial charge in [-0.1, -0.05) is 18.7 Å². The second kappa shape index (κ2) is 9.19. The normalized spacial score (nSPS) is 23.1. The summed E-state index contributed by atoms with van der Waals surface area (Å²) in [5.41, 5.74) is 5.64. The molecule has 0 radical (unpaired) electrons. The highest BCUT2D eigenvalue weighted by atomic mass is 16.5. The van der Waals surface area contributed by atoms with Crippen LogP contribution in [0, 0.1) is 6.92 Å². The molecular weight excluding hydrogens is 416 g/mol. The molecule has 8 nitrogen and oxygen atoms in total. The highest BCUT2D eigenvalue weighted by Crippen LogP contribution is 2.37. The average molecular weight is 451 g/mol. The summed E-state index contributed by atoms with van der Waals surface area (Å²) in [6, 6.07) is 7.77. The molecular formula is C25H34N6O2. The van der Waals surface area contributed by atoms with Gasteiger partial charge in [-0.3, -0.25) is 4.90 Å². The molecule has 3 fully saturated rings. The van der Waals surface area contributed by atoms with Crippen LogP contribution in [0.2, 0.25) is 0 Å². The molecule has 2 bridgehead atoms. The van der Waals surface area contributed by atoms with Crippen molar-refractivity contribution in [3.05, 3.63) is 54.0 Å². The van der Waals surface area contributed by atoms with Crippen LogP contribution in [0.1, 0.15) is 30.9 Å². The maximum absolute atomic E-state index is 12.9. The summed E-state index contributed by atoms with van der Waals surface area (Å²) in [6.45, 7) is 13.6. The van der Waals surface area contributed by atoms with E-state index in [1.165, 1.54) is 34.3 Å². The number of nitrogens with one attached hydrogen (secondary N) is 1. The van der Waals surface area contributed by atoms with Gasteiger partial charge in [-0.2, -0.15) is 9.78 Å². The standard InChI is InChI=1S/C25H34N6O2/c1-18(2)27-21-13-26-30(15-21)25(32)29-10-8-28(9-11-29)14-20-5-4-19(3)12-24(20)31-22-6-7-23(31)17-33-16-22/h4-5,12-13,15,22-23,27H,1,6-11,14,16-17H2,2-3H3. The first-order valence-corrected chi connectivity index (χ1v) is 11.9. The topological polar surface area (TPSA) is 65.9 Å². The zero-order chi connectivity index (χ0) is 22.9. The molecule has 1 aromatic heterocycles. The highest BCUT2D eigenvalue weighted by molar-refractivity contribution is 5.77. The molecule has 4 heterocycles. The third-order valence-corrected chi connectivity index (χ3v) is 6.93. The van der Waals surface area contributed by atoms with Crippen molar-refractivity contribution in [2.75, 3.05) is 49.6 Å². The monoisotopic (exact) mass is 450 g/mol. The van der Waals surface area contributed by atoms with E-state index in [1.807, 2.05) is 11.8 Å². The molecule has 3 saturated heterocycles. The Bertz CT molecular complexity index is 1010. The molecule has 0 aliphatic carbocycles. The minimum Gasteiger partial charge on any atom is -0.377 e. The Morgan fingerprint density at radius 1 is 1.18 bits per heavy atom. The van der Waals surface area contributed by atoms with Crippen molar-refractivity contribution in [1.82, 2.24) is 19.6 Å². The smallest absolute Gasteiger partial charge is 0.344 e. The van der Waals surface area contributed by atoms with Crippen LogP contribution >= 0.6 is 0 Å². The zero-order valence-corrected chi connectivity index (χ0v) is 19.7. The van der Waals surface area contributed by atoms with Crippen molar-refractivity contribution in [3.8, 4) is 0 Å². The lowest BCUT2D eigenvalue weighted by Crippen LogP contribution is -2.50. The molecule has 2 unspecified atom stereocenters. The van der Waals surface area contributed by atoms with E-state index >= 15 is 0 Å². The van der Waals surface area contributed by atoms with Gasteiger partial charge in [-0.05, 0) is 43.9 Å². The van der Waals surface area contributed by atoms with E-state index in [1.54, 1.807) is 12.4 Å². The van der Waals surface area contributed by atoms with E-state index in [9.17, 15) is 4.79 Å². The number of allylic oxidation sites excluding steroid dienone is 1.